The summed E-state index contributed by atoms with van der Waals surface area (Å²) in [7, 11) is 0. The third-order valence-electron chi connectivity index (χ3n) is 3.52. The van der Waals surface area contributed by atoms with E-state index in [2.05, 4.69) is 21.2 Å². The van der Waals surface area contributed by atoms with E-state index in [0.29, 0.717) is 5.69 Å². The number of carbonyl (C=O) groups is 2. The van der Waals surface area contributed by atoms with Gasteiger partial charge in [0.05, 0.1) is 10.5 Å². The molecule has 2 aromatic rings. The van der Waals surface area contributed by atoms with Crippen molar-refractivity contribution in [2.45, 2.75) is 13.8 Å². The highest BCUT2D eigenvalue weighted by atomic mass is 79.9. The predicted octanol–water partition coefficient (Wildman–Crippen LogP) is 3.77. The molecule has 1 amide bonds. The van der Waals surface area contributed by atoms with Crippen molar-refractivity contribution in [3.8, 4) is 0 Å². The maximum Gasteiger partial charge on any atom is 0.339 e. The largest absolute Gasteiger partial charge is 0.452 e. The summed E-state index contributed by atoms with van der Waals surface area (Å²) in [4.78, 5) is 34.3. The summed E-state index contributed by atoms with van der Waals surface area (Å²) in [5.41, 5.74) is 1.53. The van der Waals surface area contributed by atoms with Gasteiger partial charge in [0.15, 0.2) is 6.61 Å². The summed E-state index contributed by atoms with van der Waals surface area (Å²) in [5, 5.41) is 13.6. The molecule has 0 saturated carbocycles. The van der Waals surface area contributed by atoms with Gasteiger partial charge in [0, 0.05) is 21.8 Å². The van der Waals surface area contributed by atoms with Crippen LogP contribution >= 0.6 is 15.9 Å². The number of ether oxygens (including phenoxy) is 1. The monoisotopic (exact) mass is 406 g/mol. The summed E-state index contributed by atoms with van der Waals surface area (Å²) in [6.45, 7) is 2.80. The van der Waals surface area contributed by atoms with Gasteiger partial charge in [-0.15, -0.1) is 0 Å². The Hall–Kier alpha value is -2.74. The van der Waals surface area contributed by atoms with Gasteiger partial charge in [0.1, 0.15) is 0 Å². The van der Waals surface area contributed by atoms with E-state index < -0.39 is 23.4 Å². The summed E-state index contributed by atoms with van der Waals surface area (Å²) >= 11 is 3.33. The van der Waals surface area contributed by atoms with Crippen molar-refractivity contribution in [1.29, 1.82) is 0 Å². The zero-order valence-electron chi connectivity index (χ0n) is 13.5. The standard InChI is InChI=1S/C17H15BrN2O5/c1-10-8-12(18)6-7-14(10)19-16(21)9-25-17(22)13-4-3-5-15(11(13)2)20(23)24/h3-8H,9H2,1-2H3,(H,19,21). The molecule has 0 spiro atoms. The molecule has 2 rings (SSSR count). The van der Waals surface area contributed by atoms with Crippen molar-refractivity contribution >= 4 is 39.2 Å². The van der Waals surface area contributed by atoms with Gasteiger partial charge in [-0.1, -0.05) is 22.0 Å². The third-order valence-corrected chi connectivity index (χ3v) is 4.01. The number of carbonyl (C=O) groups excluding carboxylic acids is 2. The third kappa shape index (κ3) is 4.63. The summed E-state index contributed by atoms with van der Waals surface area (Å²) in [5.74, 6) is -1.29. The van der Waals surface area contributed by atoms with Crippen LogP contribution in [-0.4, -0.2) is 23.4 Å². The number of rotatable bonds is 5. The summed E-state index contributed by atoms with van der Waals surface area (Å²) < 4.78 is 5.84. The lowest BCUT2D eigenvalue weighted by molar-refractivity contribution is -0.385. The van der Waals surface area contributed by atoms with Crippen molar-refractivity contribution in [2.24, 2.45) is 0 Å². The molecular weight excluding hydrogens is 392 g/mol. The number of nitrogens with one attached hydrogen (secondary N) is 1. The first-order valence-electron chi connectivity index (χ1n) is 7.26. The molecule has 0 saturated heterocycles. The second-order valence-electron chi connectivity index (χ2n) is 5.29. The van der Waals surface area contributed by atoms with Gasteiger partial charge in [-0.05, 0) is 43.7 Å². The lowest BCUT2D eigenvalue weighted by Crippen LogP contribution is -2.21. The van der Waals surface area contributed by atoms with E-state index in [1.165, 1.54) is 25.1 Å². The molecule has 0 atom stereocenters. The molecule has 0 aliphatic carbocycles. The van der Waals surface area contributed by atoms with Crippen LogP contribution < -0.4 is 5.32 Å². The Morgan fingerprint density at radius 2 is 1.96 bits per heavy atom. The number of nitrogens with zero attached hydrogens (tertiary/aromatic N) is 1. The minimum atomic E-state index is -0.788. The quantitative estimate of drug-likeness (QED) is 0.462. The Balaban J connectivity index is 2.01. The molecular formula is C17H15BrN2O5. The van der Waals surface area contributed by atoms with Gasteiger partial charge >= 0.3 is 5.97 Å². The van der Waals surface area contributed by atoms with Crippen LogP contribution in [-0.2, 0) is 9.53 Å². The second-order valence-corrected chi connectivity index (χ2v) is 6.21. The zero-order chi connectivity index (χ0) is 18.6. The number of esters is 1. The first kappa shape index (κ1) is 18.6. The molecule has 0 unspecified atom stereocenters. The maximum atomic E-state index is 12.1. The Morgan fingerprint density at radius 1 is 1.24 bits per heavy atom. The van der Waals surface area contributed by atoms with Gasteiger partial charge in [-0.2, -0.15) is 0 Å². The number of amides is 1. The molecule has 0 aliphatic rings. The van der Waals surface area contributed by atoms with Gasteiger partial charge in [0.2, 0.25) is 0 Å². The highest BCUT2D eigenvalue weighted by molar-refractivity contribution is 9.10. The van der Waals surface area contributed by atoms with E-state index in [9.17, 15) is 19.7 Å². The summed E-state index contributed by atoms with van der Waals surface area (Å²) in [6, 6.07) is 9.46. The topological polar surface area (TPSA) is 98.5 Å². The van der Waals surface area contributed by atoms with Crippen LogP contribution in [0.15, 0.2) is 40.9 Å². The van der Waals surface area contributed by atoms with E-state index in [0.717, 1.165) is 10.0 Å². The fourth-order valence-electron chi connectivity index (χ4n) is 2.20. The highest BCUT2D eigenvalue weighted by Gasteiger charge is 2.19. The van der Waals surface area contributed by atoms with Crippen LogP contribution in [0, 0.1) is 24.0 Å². The van der Waals surface area contributed by atoms with E-state index in [-0.39, 0.29) is 16.8 Å². The summed E-state index contributed by atoms with van der Waals surface area (Å²) in [6.07, 6.45) is 0. The van der Waals surface area contributed by atoms with Crippen molar-refractivity contribution in [3.63, 3.8) is 0 Å². The minimum absolute atomic E-state index is 0.0572. The van der Waals surface area contributed by atoms with Crippen molar-refractivity contribution < 1.29 is 19.2 Å². The first-order chi connectivity index (χ1) is 11.8. The molecule has 25 heavy (non-hydrogen) atoms. The highest BCUT2D eigenvalue weighted by Crippen LogP contribution is 2.22. The van der Waals surface area contributed by atoms with Crippen molar-refractivity contribution in [1.82, 2.24) is 0 Å². The molecule has 0 aromatic heterocycles. The van der Waals surface area contributed by atoms with E-state index in [1.54, 1.807) is 12.1 Å². The average Bonchev–Trinajstić information content (AvgIpc) is 2.55. The lowest BCUT2D eigenvalue weighted by atomic mass is 10.1. The first-order valence-corrected chi connectivity index (χ1v) is 8.06. The number of halogens is 1. The Kier molecular flexibility index (Phi) is 5.87. The Labute approximate surface area is 152 Å². The molecule has 2 aromatic carbocycles. The van der Waals surface area contributed by atoms with Crippen LogP contribution in [0.2, 0.25) is 0 Å². The van der Waals surface area contributed by atoms with Crippen molar-refractivity contribution in [2.75, 3.05) is 11.9 Å². The van der Waals surface area contributed by atoms with Crippen LogP contribution in [0.1, 0.15) is 21.5 Å². The molecule has 0 bridgehead atoms. The maximum absolute atomic E-state index is 12.1. The van der Waals surface area contributed by atoms with Gasteiger partial charge in [0.25, 0.3) is 11.6 Å². The smallest absolute Gasteiger partial charge is 0.339 e. The SMILES string of the molecule is Cc1cc(Br)ccc1NC(=O)COC(=O)c1cccc([N+](=O)[O-])c1C. The van der Waals surface area contributed by atoms with Crippen LogP contribution in [0.25, 0.3) is 0 Å². The fourth-order valence-corrected chi connectivity index (χ4v) is 2.68. The fraction of sp³-hybridized carbons (Fsp3) is 0.176. The number of benzene rings is 2. The number of aryl methyl sites for hydroxylation is 1. The molecule has 130 valence electrons. The van der Waals surface area contributed by atoms with E-state index in [1.807, 2.05) is 13.0 Å². The average molecular weight is 407 g/mol. The van der Waals surface area contributed by atoms with Crippen molar-refractivity contribution in [3.05, 3.63) is 67.7 Å². The normalized spacial score (nSPS) is 10.2. The van der Waals surface area contributed by atoms with Crippen LogP contribution in [0.3, 0.4) is 0 Å². The number of nitro benzene ring substituents is 1. The lowest BCUT2D eigenvalue weighted by Gasteiger charge is -2.10. The number of hydrogen-bond acceptors (Lipinski definition) is 5. The Morgan fingerprint density at radius 3 is 2.60 bits per heavy atom. The van der Waals surface area contributed by atoms with E-state index in [4.69, 9.17) is 4.74 Å². The Bertz CT molecular complexity index is 851. The van der Waals surface area contributed by atoms with Crippen LogP contribution in [0.4, 0.5) is 11.4 Å². The number of hydrogen-bond donors (Lipinski definition) is 1. The molecule has 0 heterocycles. The number of anilines is 1. The zero-order valence-corrected chi connectivity index (χ0v) is 15.1. The number of nitro groups is 1. The molecule has 7 nitrogen and oxygen atoms in total. The second kappa shape index (κ2) is 7.89. The van der Waals surface area contributed by atoms with Crippen LogP contribution in [0.5, 0.6) is 0 Å². The van der Waals surface area contributed by atoms with Gasteiger partial charge in [-0.3, -0.25) is 14.9 Å². The molecule has 8 heteroatoms. The van der Waals surface area contributed by atoms with Gasteiger partial charge in [-0.25, -0.2) is 4.79 Å². The van der Waals surface area contributed by atoms with Gasteiger partial charge < -0.3 is 10.1 Å². The molecule has 1 N–H and O–H groups in total. The molecule has 0 radical (unpaired) electrons. The van der Waals surface area contributed by atoms with E-state index >= 15 is 0 Å². The molecule has 0 aliphatic heterocycles. The predicted molar refractivity (Wildman–Crippen MR) is 95.6 cm³/mol. The molecule has 0 fully saturated rings. The minimum Gasteiger partial charge on any atom is -0.452 e.